The number of nitrogens with zero attached hydrogens (tertiary/aromatic N) is 1. The fourth-order valence-corrected chi connectivity index (χ4v) is 2.19. The Bertz CT molecular complexity index is 739. The zero-order valence-electron chi connectivity index (χ0n) is 13.5. The molecule has 0 bridgehead atoms. The van der Waals surface area contributed by atoms with Crippen molar-refractivity contribution < 1.29 is 14.6 Å². The van der Waals surface area contributed by atoms with Crippen molar-refractivity contribution in [2.75, 3.05) is 7.11 Å². The van der Waals surface area contributed by atoms with E-state index in [4.69, 9.17) is 4.74 Å². The van der Waals surface area contributed by atoms with Crippen molar-refractivity contribution in [1.82, 2.24) is 5.43 Å². The maximum Gasteiger partial charge on any atom is 0.244 e. The summed E-state index contributed by atoms with van der Waals surface area (Å²) in [6.45, 7) is 3.99. The first-order chi connectivity index (χ1) is 11.0. The maximum atomic E-state index is 11.9. The number of ether oxygens (including phenoxy) is 1. The van der Waals surface area contributed by atoms with E-state index in [1.54, 1.807) is 19.2 Å². The number of aryl methyl sites for hydroxylation is 2. The van der Waals surface area contributed by atoms with Crippen molar-refractivity contribution in [3.8, 4) is 11.5 Å². The molecule has 0 aromatic heterocycles. The fraction of sp³-hybridized carbons (Fsp3) is 0.222. The van der Waals surface area contributed by atoms with Gasteiger partial charge < -0.3 is 9.84 Å². The standard InChI is InChI=1S/C18H20N2O3/c1-12-4-5-14(13(2)8-12)10-18(22)20-19-11-15-9-16(23-3)6-7-17(15)21/h4-9,11,21H,10H2,1-3H3,(H,20,22)/b19-11+. The lowest BCUT2D eigenvalue weighted by Crippen LogP contribution is -2.20. The van der Waals surface area contributed by atoms with E-state index < -0.39 is 0 Å². The molecule has 0 saturated carbocycles. The van der Waals surface area contributed by atoms with Crippen LogP contribution in [0.15, 0.2) is 41.5 Å². The van der Waals surface area contributed by atoms with E-state index in [-0.39, 0.29) is 18.1 Å². The Morgan fingerprint density at radius 2 is 2.04 bits per heavy atom. The van der Waals surface area contributed by atoms with E-state index >= 15 is 0 Å². The molecule has 0 aliphatic heterocycles. The lowest BCUT2D eigenvalue weighted by molar-refractivity contribution is -0.120. The monoisotopic (exact) mass is 312 g/mol. The van der Waals surface area contributed by atoms with Gasteiger partial charge in [0.2, 0.25) is 5.91 Å². The van der Waals surface area contributed by atoms with Crippen molar-refractivity contribution in [3.05, 3.63) is 58.7 Å². The Morgan fingerprint density at radius 1 is 1.26 bits per heavy atom. The molecule has 0 heterocycles. The van der Waals surface area contributed by atoms with Crippen LogP contribution in [0.5, 0.6) is 11.5 Å². The Hall–Kier alpha value is -2.82. The molecule has 0 aliphatic carbocycles. The van der Waals surface area contributed by atoms with Gasteiger partial charge in [-0.3, -0.25) is 4.79 Å². The van der Waals surface area contributed by atoms with Crippen molar-refractivity contribution in [3.63, 3.8) is 0 Å². The average Bonchev–Trinajstić information content (AvgIpc) is 2.52. The summed E-state index contributed by atoms with van der Waals surface area (Å²) in [7, 11) is 1.54. The van der Waals surface area contributed by atoms with Crippen LogP contribution in [0.4, 0.5) is 0 Å². The van der Waals surface area contributed by atoms with Gasteiger partial charge in [-0.05, 0) is 43.2 Å². The van der Waals surface area contributed by atoms with Crippen LogP contribution in [0.25, 0.3) is 0 Å². The number of nitrogens with one attached hydrogen (secondary N) is 1. The molecule has 2 rings (SSSR count). The number of aromatic hydroxyl groups is 1. The number of carbonyl (C=O) groups excluding carboxylic acids is 1. The molecule has 0 radical (unpaired) electrons. The summed E-state index contributed by atoms with van der Waals surface area (Å²) in [4.78, 5) is 11.9. The molecule has 0 atom stereocenters. The van der Waals surface area contributed by atoms with Gasteiger partial charge in [-0.1, -0.05) is 23.8 Å². The van der Waals surface area contributed by atoms with Crippen LogP contribution < -0.4 is 10.2 Å². The molecule has 2 aromatic carbocycles. The summed E-state index contributed by atoms with van der Waals surface area (Å²) in [5, 5.41) is 13.6. The number of methoxy groups -OCH3 is 1. The topological polar surface area (TPSA) is 70.9 Å². The molecule has 23 heavy (non-hydrogen) atoms. The zero-order chi connectivity index (χ0) is 16.8. The predicted octanol–water partition coefficient (Wildman–Crippen LogP) is 2.71. The number of hydrogen-bond acceptors (Lipinski definition) is 4. The van der Waals surface area contributed by atoms with Crippen molar-refractivity contribution >= 4 is 12.1 Å². The van der Waals surface area contributed by atoms with Gasteiger partial charge in [-0.25, -0.2) is 5.43 Å². The fourth-order valence-electron chi connectivity index (χ4n) is 2.19. The van der Waals surface area contributed by atoms with E-state index in [9.17, 15) is 9.90 Å². The highest BCUT2D eigenvalue weighted by atomic mass is 16.5. The van der Waals surface area contributed by atoms with Crippen LogP contribution in [0.2, 0.25) is 0 Å². The van der Waals surface area contributed by atoms with E-state index in [0.29, 0.717) is 11.3 Å². The molecule has 0 saturated heterocycles. The van der Waals surface area contributed by atoms with Crippen LogP contribution in [0.3, 0.4) is 0 Å². The molecule has 0 unspecified atom stereocenters. The van der Waals surface area contributed by atoms with E-state index in [0.717, 1.165) is 16.7 Å². The Kier molecular flexibility index (Phi) is 5.36. The third-order valence-electron chi connectivity index (χ3n) is 3.48. The molecule has 0 spiro atoms. The van der Waals surface area contributed by atoms with Gasteiger partial charge in [-0.15, -0.1) is 0 Å². The summed E-state index contributed by atoms with van der Waals surface area (Å²) in [6, 6.07) is 10.8. The van der Waals surface area contributed by atoms with E-state index in [2.05, 4.69) is 10.5 Å². The number of rotatable bonds is 5. The molecule has 5 heteroatoms. The molecule has 120 valence electrons. The van der Waals surface area contributed by atoms with Crippen LogP contribution in [-0.2, 0) is 11.2 Å². The SMILES string of the molecule is COc1ccc(O)c(/C=N/NC(=O)Cc2ccc(C)cc2C)c1. The van der Waals surface area contributed by atoms with Crippen molar-refractivity contribution in [2.45, 2.75) is 20.3 Å². The lowest BCUT2D eigenvalue weighted by Gasteiger charge is -2.06. The summed E-state index contributed by atoms with van der Waals surface area (Å²) >= 11 is 0. The smallest absolute Gasteiger partial charge is 0.244 e. The second-order valence-electron chi connectivity index (χ2n) is 5.32. The summed E-state index contributed by atoms with van der Waals surface area (Å²) < 4.78 is 5.08. The number of hydrazone groups is 1. The highest BCUT2D eigenvalue weighted by Gasteiger charge is 2.05. The first kappa shape index (κ1) is 16.5. The van der Waals surface area contributed by atoms with Crippen molar-refractivity contribution in [1.29, 1.82) is 0 Å². The number of carbonyl (C=O) groups is 1. The molecule has 2 aromatic rings. The third-order valence-corrected chi connectivity index (χ3v) is 3.48. The van der Waals surface area contributed by atoms with Crippen LogP contribution in [-0.4, -0.2) is 24.3 Å². The maximum absolute atomic E-state index is 11.9. The van der Waals surface area contributed by atoms with Crippen LogP contribution in [0.1, 0.15) is 22.3 Å². The molecular weight excluding hydrogens is 292 g/mol. The second-order valence-corrected chi connectivity index (χ2v) is 5.32. The molecule has 0 fully saturated rings. The number of benzene rings is 2. The summed E-state index contributed by atoms with van der Waals surface area (Å²) in [5.74, 6) is 0.458. The minimum Gasteiger partial charge on any atom is -0.507 e. The van der Waals surface area contributed by atoms with Crippen molar-refractivity contribution in [2.24, 2.45) is 5.10 Å². The normalized spacial score (nSPS) is 10.7. The molecular formula is C18H20N2O3. The Morgan fingerprint density at radius 3 is 2.74 bits per heavy atom. The quantitative estimate of drug-likeness (QED) is 0.659. The number of phenols is 1. The number of hydrogen-bond donors (Lipinski definition) is 2. The average molecular weight is 312 g/mol. The van der Waals surface area contributed by atoms with E-state index in [1.165, 1.54) is 12.3 Å². The number of amides is 1. The summed E-state index contributed by atoms with van der Waals surface area (Å²) in [6.07, 6.45) is 1.64. The third kappa shape index (κ3) is 4.57. The molecule has 1 amide bonds. The highest BCUT2D eigenvalue weighted by Crippen LogP contribution is 2.20. The lowest BCUT2D eigenvalue weighted by atomic mass is 10.0. The second kappa shape index (κ2) is 7.45. The van der Waals surface area contributed by atoms with Gasteiger partial charge in [0, 0.05) is 5.56 Å². The van der Waals surface area contributed by atoms with Gasteiger partial charge in [0.15, 0.2) is 0 Å². The van der Waals surface area contributed by atoms with Gasteiger partial charge in [0.05, 0.1) is 19.7 Å². The minimum atomic E-state index is -0.212. The van der Waals surface area contributed by atoms with Gasteiger partial charge >= 0.3 is 0 Å². The zero-order valence-corrected chi connectivity index (χ0v) is 13.5. The van der Waals surface area contributed by atoms with Crippen LogP contribution in [0, 0.1) is 13.8 Å². The van der Waals surface area contributed by atoms with Gasteiger partial charge in [0.25, 0.3) is 0 Å². The number of phenolic OH excluding ortho intramolecular Hbond substituents is 1. The predicted molar refractivity (Wildman–Crippen MR) is 90.0 cm³/mol. The summed E-state index contributed by atoms with van der Waals surface area (Å²) in [5.41, 5.74) is 6.14. The Labute approximate surface area is 135 Å². The van der Waals surface area contributed by atoms with Gasteiger partial charge in [0.1, 0.15) is 11.5 Å². The largest absolute Gasteiger partial charge is 0.507 e. The molecule has 0 aliphatic rings. The Balaban J connectivity index is 1.98. The minimum absolute atomic E-state index is 0.0678. The molecule has 2 N–H and O–H groups in total. The van der Waals surface area contributed by atoms with Gasteiger partial charge in [-0.2, -0.15) is 5.10 Å². The van der Waals surface area contributed by atoms with E-state index in [1.807, 2.05) is 32.0 Å². The first-order valence-corrected chi connectivity index (χ1v) is 7.24. The van der Waals surface area contributed by atoms with Crippen LogP contribution >= 0.6 is 0 Å². The molecule has 5 nitrogen and oxygen atoms in total. The first-order valence-electron chi connectivity index (χ1n) is 7.24. The highest BCUT2D eigenvalue weighted by molar-refractivity contribution is 5.86.